The Morgan fingerprint density at radius 2 is 2.05 bits per heavy atom. The Morgan fingerprint density at radius 1 is 1.27 bits per heavy atom. The van der Waals surface area contributed by atoms with Crippen molar-refractivity contribution in [1.29, 1.82) is 0 Å². The van der Waals surface area contributed by atoms with E-state index >= 15 is 0 Å². The third kappa shape index (κ3) is 3.09. The van der Waals surface area contributed by atoms with Crippen molar-refractivity contribution in [3.05, 3.63) is 70.4 Å². The van der Waals surface area contributed by atoms with Crippen LogP contribution >= 0.6 is 11.3 Å². The molecular weight excluding hydrogens is 294 g/mol. The number of rotatable bonds is 4. The van der Waals surface area contributed by atoms with Crippen LogP contribution in [0.4, 0.5) is 0 Å². The third-order valence-corrected chi connectivity index (χ3v) is 4.23. The first-order valence-electron chi connectivity index (χ1n) is 7.03. The summed E-state index contributed by atoms with van der Waals surface area (Å²) in [5.41, 5.74) is 2.59. The Labute approximate surface area is 133 Å². The van der Waals surface area contributed by atoms with Gasteiger partial charge in [0.05, 0.1) is 17.2 Å². The summed E-state index contributed by atoms with van der Waals surface area (Å²) in [6.45, 7) is 2.49. The van der Waals surface area contributed by atoms with E-state index in [1.807, 2.05) is 65.7 Å². The van der Waals surface area contributed by atoms with Gasteiger partial charge in [-0.2, -0.15) is 0 Å². The molecule has 0 saturated carbocycles. The lowest BCUT2D eigenvalue weighted by Gasteiger charge is -2.16. The Morgan fingerprint density at radius 3 is 2.73 bits per heavy atom. The van der Waals surface area contributed by atoms with E-state index in [0.29, 0.717) is 12.1 Å². The van der Waals surface area contributed by atoms with Gasteiger partial charge in [0.2, 0.25) is 0 Å². The maximum atomic E-state index is 12.6. The SMILES string of the molecule is Cc1nc(CN(C)C(=O)c2cccc(-n3cccc3)c2)cs1. The van der Waals surface area contributed by atoms with Gasteiger partial charge in [-0.3, -0.25) is 4.79 Å². The van der Waals surface area contributed by atoms with Crippen molar-refractivity contribution in [2.24, 2.45) is 0 Å². The molecule has 0 aliphatic carbocycles. The number of aryl methyl sites for hydroxylation is 1. The van der Waals surface area contributed by atoms with Gasteiger partial charge in [0.15, 0.2) is 0 Å². The van der Waals surface area contributed by atoms with Gasteiger partial charge in [-0.1, -0.05) is 6.07 Å². The quantitative estimate of drug-likeness (QED) is 0.739. The molecular formula is C17H17N3OS. The van der Waals surface area contributed by atoms with E-state index in [4.69, 9.17) is 0 Å². The first-order chi connectivity index (χ1) is 10.6. The molecule has 5 heteroatoms. The second-order valence-corrected chi connectivity index (χ2v) is 6.22. The second-order valence-electron chi connectivity index (χ2n) is 5.16. The van der Waals surface area contributed by atoms with Crippen molar-refractivity contribution in [2.75, 3.05) is 7.05 Å². The topological polar surface area (TPSA) is 38.1 Å². The summed E-state index contributed by atoms with van der Waals surface area (Å²) in [6.07, 6.45) is 3.93. The fourth-order valence-corrected chi connectivity index (χ4v) is 2.93. The van der Waals surface area contributed by atoms with Gasteiger partial charge in [-0.15, -0.1) is 11.3 Å². The summed E-state index contributed by atoms with van der Waals surface area (Å²) in [7, 11) is 1.80. The molecule has 0 aliphatic heterocycles. The smallest absolute Gasteiger partial charge is 0.254 e. The van der Waals surface area contributed by atoms with Gasteiger partial charge < -0.3 is 9.47 Å². The number of hydrogen-bond acceptors (Lipinski definition) is 3. The van der Waals surface area contributed by atoms with Crippen molar-refractivity contribution in [2.45, 2.75) is 13.5 Å². The van der Waals surface area contributed by atoms with E-state index in [2.05, 4.69) is 4.98 Å². The van der Waals surface area contributed by atoms with Gasteiger partial charge in [0.25, 0.3) is 5.91 Å². The van der Waals surface area contributed by atoms with Gasteiger partial charge in [-0.25, -0.2) is 4.98 Å². The van der Waals surface area contributed by atoms with E-state index in [-0.39, 0.29) is 5.91 Å². The lowest BCUT2D eigenvalue weighted by Crippen LogP contribution is -2.26. The minimum absolute atomic E-state index is 0.000316. The molecule has 0 radical (unpaired) electrons. The number of nitrogens with zero attached hydrogens (tertiary/aromatic N) is 3. The van der Waals surface area contributed by atoms with Gasteiger partial charge >= 0.3 is 0 Å². The Balaban J connectivity index is 1.78. The van der Waals surface area contributed by atoms with Crippen LogP contribution in [0.2, 0.25) is 0 Å². The lowest BCUT2D eigenvalue weighted by atomic mass is 10.1. The first kappa shape index (κ1) is 14.5. The van der Waals surface area contributed by atoms with Crippen LogP contribution in [0.15, 0.2) is 54.2 Å². The number of hydrogen-bond donors (Lipinski definition) is 0. The number of thiazole rings is 1. The summed E-state index contributed by atoms with van der Waals surface area (Å²) in [6, 6.07) is 11.6. The maximum Gasteiger partial charge on any atom is 0.254 e. The molecule has 4 nitrogen and oxygen atoms in total. The Kier molecular flexibility index (Phi) is 4.06. The van der Waals surface area contributed by atoms with Crippen LogP contribution in [0.1, 0.15) is 21.1 Å². The molecule has 3 rings (SSSR count). The van der Waals surface area contributed by atoms with Crippen molar-refractivity contribution in [3.63, 3.8) is 0 Å². The van der Waals surface area contributed by atoms with Crippen LogP contribution in [-0.4, -0.2) is 27.4 Å². The average Bonchev–Trinajstić information content (AvgIpc) is 3.18. The molecule has 0 unspecified atom stereocenters. The summed E-state index contributed by atoms with van der Waals surface area (Å²) >= 11 is 1.60. The number of carbonyl (C=O) groups is 1. The molecule has 0 atom stereocenters. The van der Waals surface area contributed by atoms with E-state index < -0.39 is 0 Å². The van der Waals surface area contributed by atoms with Crippen LogP contribution in [0.3, 0.4) is 0 Å². The van der Waals surface area contributed by atoms with E-state index in [1.165, 1.54) is 0 Å². The van der Waals surface area contributed by atoms with Crippen molar-refractivity contribution in [3.8, 4) is 5.69 Å². The van der Waals surface area contributed by atoms with Crippen molar-refractivity contribution < 1.29 is 4.79 Å². The van der Waals surface area contributed by atoms with Crippen LogP contribution in [-0.2, 0) is 6.54 Å². The zero-order valence-electron chi connectivity index (χ0n) is 12.6. The highest BCUT2D eigenvalue weighted by molar-refractivity contribution is 7.09. The highest BCUT2D eigenvalue weighted by Gasteiger charge is 2.14. The molecule has 0 aliphatic rings. The third-order valence-electron chi connectivity index (χ3n) is 3.41. The molecule has 1 aromatic carbocycles. The standard InChI is InChI=1S/C17H17N3OS/c1-13-18-15(12-22-13)11-19(2)17(21)14-6-5-7-16(10-14)20-8-3-4-9-20/h3-10,12H,11H2,1-2H3. The van der Waals surface area contributed by atoms with Gasteiger partial charge in [0, 0.05) is 36.1 Å². The predicted molar refractivity (Wildman–Crippen MR) is 88.4 cm³/mol. The highest BCUT2D eigenvalue weighted by Crippen LogP contribution is 2.15. The summed E-state index contributed by atoms with van der Waals surface area (Å²) < 4.78 is 1.99. The largest absolute Gasteiger partial charge is 0.336 e. The predicted octanol–water partition coefficient (Wildman–Crippen LogP) is 3.51. The zero-order valence-corrected chi connectivity index (χ0v) is 13.4. The summed E-state index contributed by atoms with van der Waals surface area (Å²) in [5.74, 6) is -0.000316. The Hall–Kier alpha value is -2.40. The fraction of sp³-hybridized carbons (Fsp3) is 0.176. The fourth-order valence-electron chi connectivity index (χ4n) is 2.32. The number of benzene rings is 1. The molecule has 0 fully saturated rings. The Bertz CT molecular complexity index is 777. The van der Waals surface area contributed by atoms with Crippen LogP contribution < -0.4 is 0 Å². The molecule has 0 saturated heterocycles. The molecule has 3 aromatic rings. The molecule has 22 heavy (non-hydrogen) atoms. The number of aromatic nitrogens is 2. The average molecular weight is 311 g/mol. The van der Waals surface area contributed by atoms with Gasteiger partial charge in [-0.05, 0) is 37.3 Å². The second kappa shape index (κ2) is 6.15. The number of amides is 1. The summed E-state index contributed by atoms with van der Waals surface area (Å²) in [4.78, 5) is 18.7. The highest BCUT2D eigenvalue weighted by atomic mass is 32.1. The van der Waals surface area contributed by atoms with Gasteiger partial charge in [0.1, 0.15) is 0 Å². The molecule has 2 heterocycles. The normalized spacial score (nSPS) is 10.6. The molecule has 0 spiro atoms. The molecule has 112 valence electrons. The molecule has 0 N–H and O–H groups in total. The van der Waals surface area contributed by atoms with Crippen molar-refractivity contribution in [1.82, 2.24) is 14.5 Å². The van der Waals surface area contributed by atoms with E-state index in [0.717, 1.165) is 16.4 Å². The molecule has 0 bridgehead atoms. The van der Waals surface area contributed by atoms with Crippen LogP contribution in [0, 0.1) is 6.92 Å². The maximum absolute atomic E-state index is 12.6. The summed E-state index contributed by atoms with van der Waals surface area (Å²) in [5, 5.41) is 3.01. The minimum atomic E-state index is -0.000316. The number of carbonyl (C=O) groups excluding carboxylic acids is 1. The monoisotopic (exact) mass is 311 g/mol. The first-order valence-corrected chi connectivity index (χ1v) is 7.91. The van der Waals surface area contributed by atoms with Crippen molar-refractivity contribution >= 4 is 17.2 Å². The van der Waals surface area contributed by atoms with E-state index in [9.17, 15) is 4.79 Å². The minimum Gasteiger partial charge on any atom is -0.336 e. The molecule has 2 aromatic heterocycles. The lowest BCUT2D eigenvalue weighted by molar-refractivity contribution is 0.0783. The molecule has 1 amide bonds. The van der Waals surface area contributed by atoms with Crippen LogP contribution in [0.25, 0.3) is 5.69 Å². The zero-order chi connectivity index (χ0) is 15.5. The van der Waals surface area contributed by atoms with Crippen LogP contribution in [0.5, 0.6) is 0 Å². The van der Waals surface area contributed by atoms with E-state index in [1.54, 1.807) is 23.3 Å².